The number of alkyl halides is 3. The quantitative estimate of drug-likeness (QED) is 0.813. The zero-order valence-electron chi connectivity index (χ0n) is 13.1. The Morgan fingerprint density at radius 3 is 2.40 bits per heavy atom. The Hall–Kier alpha value is -1.51. The molecule has 140 valence electrons. The number of nitrogens with zero attached hydrogens (tertiary/aromatic N) is 1. The summed E-state index contributed by atoms with van der Waals surface area (Å²) >= 11 is 5.93. The first kappa shape index (κ1) is 21.5. The molecular weight excluding hydrogens is 384 g/mol. The average molecular weight is 401 g/mol. The first-order chi connectivity index (χ1) is 11.1. The zero-order valence-corrected chi connectivity index (χ0v) is 14.7. The summed E-state index contributed by atoms with van der Waals surface area (Å²) in [5, 5.41) is 11.9. The van der Waals surface area contributed by atoms with Gasteiger partial charge in [0.2, 0.25) is 5.91 Å². The number of halogens is 5. The first-order valence-electron chi connectivity index (χ1n) is 7.20. The maximum Gasteiger partial charge on any atom is 0.393 e. The molecule has 2 N–H and O–H groups in total. The fraction of sp³-hybridized carbons (Fsp3) is 0.467. The Kier molecular flexibility index (Phi) is 7.10. The van der Waals surface area contributed by atoms with E-state index in [2.05, 4.69) is 5.32 Å². The number of rotatable bonds is 4. The average Bonchev–Trinajstić information content (AvgIpc) is 2.94. The summed E-state index contributed by atoms with van der Waals surface area (Å²) in [5.74, 6) is -5.64. The summed E-state index contributed by atoms with van der Waals surface area (Å²) < 4.78 is 39.0. The van der Waals surface area contributed by atoms with Gasteiger partial charge in [0.1, 0.15) is 0 Å². The van der Waals surface area contributed by atoms with Gasteiger partial charge in [0.05, 0.1) is 28.6 Å². The van der Waals surface area contributed by atoms with Crippen molar-refractivity contribution < 1.29 is 27.9 Å². The van der Waals surface area contributed by atoms with Crippen LogP contribution in [0.1, 0.15) is 6.92 Å². The third kappa shape index (κ3) is 4.99. The summed E-state index contributed by atoms with van der Waals surface area (Å²) in [6.07, 6.45) is -4.63. The van der Waals surface area contributed by atoms with Crippen LogP contribution in [-0.4, -0.2) is 47.2 Å². The third-order valence-corrected chi connectivity index (χ3v) is 4.47. The lowest BCUT2D eigenvalue weighted by Crippen LogP contribution is -2.41. The Morgan fingerprint density at radius 1 is 1.32 bits per heavy atom. The molecule has 0 saturated carbocycles. The highest BCUT2D eigenvalue weighted by Crippen LogP contribution is 2.38. The molecule has 25 heavy (non-hydrogen) atoms. The summed E-state index contributed by atoms with van der Waals surface area (Å²) in [7, 11) is 0. The minimum absolute atomic E-state index is 0. The van der Waals surface area contributed by atoms with Crippen LogP contribution in [-0.2, 0) is 9.59 Å². The minimum atomic E-state index is -4.63. The van der Waals surface area contributed by atoms with Crippen molar-refractivity contribution in [1.29, 1.82) is 0 Å². The molecule has 2 rings (SSSR count). The van der Waals surface area contributed by atoms with E-state index in [9.17, 15) is 22.8 Å². The van der Waals surface area contributed by atoms with E-state index in [1.165, 1.54) is 11.8 Å². The van der Waals surface area contributed by atoms with Crippen molar-refractivity contribution in [2.24, 2.45) is 11.8 Å². The molecule has 1 heterocycles. The molecule has 0 aromatic heterocycles. The van der Waals surface area contributed by atoms with Gasteiger partial charge in [0.25, 0.3) is 0 Å². The first-order valence-corrected chi connectivity index (χ1v) is 7.58. The van der Waals surface area contributed by atoms with Crippen LogP contribution in [0.5, 0.6) is 0 Å². The van der Waals surface area contributed by atoms with Gasteiger partial charge < -0.3 is 10.4 Å². The number of carbonyl (C=O) groups is 2. The van der Waals surface area contributed by atoms with Crippen molar-refractivity contribution in [3.8, 4) is 0 Å². The number of benzene rings is 1. The fourth-order valence-corrected chi connectivity index (χ4v) is 2.88. The maximum absolute atomic E-state index is 13.0. The molecule has 0 aliphatic carbocycles. The number of carboxylic acids is 1. The van der Waals surface area contributed by atoms with Crippen LogP contribution in [0.15, 0.2) is 24.3 Å². The zero-order chi connectivity index (χ0) is 18.1. The molecule has 1 aliphatic heterocycles. The molecule has 0 bridgehead atoms. The summed E-state index contributed by atoms with van der Waals surface area (Å²) in [6.45, 7) is 0.567. The highest BCUT2D eigenvalue weighted by molar-refractivity contribution is 6.33. The van der Waals surface area contributed by atoms with Gasteiger partial charge in [-0.25, -0.2) is 0 Å². The molecule has 5 nitrogen and oxygen atoms in total. The molecule has 1 saturated heterocycles. The van der Waals surface area contributed by atoms with Crippen LogP contribution >= 0.6 is 24.0 Å². The van der Waals surface area contributed by atoms with Gasteiger partial charge in [-0.15, -0.1) is 12.4 Å². The topological polar surface area (TPSA) is 69.6 Å². The highest BCUT2D eigenvalue weighted by Gasteiger charge is 2.53. The summed E-state index contributed by atoms with van der Waals surface area (Å²) in [5.41, 5.74) is 0.345. The van der Waals surface area contributed by atoms with Gasteiger partial charge in [-0.3, -0.25) is 14.5 Å². The molecule has 1 unspecified atom stereocenters. The van der Waals surface area contributed by atoms with E-state index < -0.39 is 42.5 Å². The van der Waals surface area contributed by atoms with Crippen LogP contribution < -0.4 is 5.32 Å². The van der Waals surface area contributed by atoms with Gasteiger partial charge >= 0.3 is 12.1 Å². The Morgan fingerprint density at radius 2 is 1.92 bits per heavy atom. The third-order valence-electron chi connectivity index (χ3n) is 4.14. The Labute approximate surface area is 153 Å². The number of hydrogen-bond donors (Lipinski definition) is 2. The molecule has 1 aromatic carbocycles. The number of aliphatic carboxylic acids is 1. The van der Waals surface area contributed by atoms with Crippen molar-refractivity contribution in [2.75, 3.05) is 18.4 Å². The molecule has 1 fully saturated rings. The van der Waals surface area contributed by atoms with Crippen molar-refractivity contribution in [2.45, 2.75) is 19.1 Å². The summed E-state index contributed by atoms with van der Waals surface area (Å²) in [6, 6.07) is 5.54. The molecule has 1 aliphatic rings. The molecule has 0 spiro atoms. The van der Waals surface area contributed by atoms with Crippen molar-refractivity contribution in [1.82, 2.24) is 4.90 Å². The summed E-state index contributed by atoms with van der Waals surface area (Å²) in [4.78, 5) is 24.6. The van der Waals surface area contributed by atoms with Gasteiger partial charge in [-0.1, -0.05) is 23.7 Å². The van der Waals surface area contributed by atoms with E-state index in [4.69, 9.17) is 16.7 Å². The number of carbonyl (C=O) groups excluding carboxylic acids is 1. The van der Waals surface area contributed by atoms with E-state index in [0.29, 0.717) is 10.7 Å². The molecule has 1 aromatic rings. The number of carboxylic acid groups (broad SMARTS) is 1. The number of hydrogen-bond acceptors (Lipinski definition) is 3. The van der Waals surface area contributed by atoms with Crippen molar-refractivity contribution >= 4 is 41.6 Å². The number of para-hydroxylation sites is 1. The van der Waals surface area contributed by atoms with Gasteiger partial charge in [-0.2, -0.15) is 13.2 Å². The normalized spacial score (nSPS) is 22.1. The van der Waals surface area contributed by atoms with Gasteiger partial charge in [-0.05, 0) is 19.1 Å². The van der Waals surface area contributed by atoms with E-state index in [1.807, 2.05) is 0 Å². The van der Waals surface area contributed by atoms with Gasteiger partial charge in [0.15, 0.2) is 0 Å². The van der Waals surface area contributed by atoms with Crippen LogP contribution in [0, 0.1) is 11.8 Å². The lowest BCUT2D eigenvalue weighted by atomic mass is 9.96. The lowest BCUT2D eigenvalue weighted by molar-refractivity contribution is -0.188. The predicted molar refractivity (Wildman–Crippen MR) is 89.0 cm³/mol. The van der Waals surface area contributed by atoms with Crippen molar-refractivity contribution in [3.05, 3.63) is 29.3 Å². The largest absolute Gasteiger partial charge is 0.481 e. The second-order valence-corrected chi connectivity index (χ2v) is 6.10. The van der Waals surface area contributed by atoms with Crippen LogP contribution in [0.3, 0.4) is 0 Å². The molecule has 0 radical (unpaired) electrons. The number of likely N-dealkylation sites (tertiary alicyclic amines) is 1. The number of anilines is 1. The second kappa shape index (κ2) is 8.25. The molecular formula is C15H17Cl2F3N2O3. The second-order valence-electron chi connectivity index (χ2n) is 5.69. The van der Waals surface area contributed by atoms with E-state index in [0.717, 1.165) is 0 Å². The van der Waals surface area contributed by atoms with E-state index in [1.54, 1.807) is 24.3 Å². The van der Waals surface area contributed by atoms with Crippen LogP contribution in [0.4, 0.5) is 18.9 Å². The standard InChI is InChI=1S/C15H16ClF3N2O3.ClH/c1-8(13(22)20-12-5-3-2-4-11(12)16)21-6-9(14(23)24)10(7-21)15(17,18)19;/h2-5,8-10H,6-7H2,1H3,(H,20,22)(H,23,24);1H/t8?,9-,10-;/m1./s1. The Balaban J connectivity index is 0.00000312. The molecule has 10 heteroatoms. The highest BCUT2D eigenvalue weighted by atomic mass is 35.5. The molecule has 1 amide bonds. The maximum atomic E-state index is 13.0. The van der Waals surface area contributed by atoms with Gasteiger partial charge in [0, 0.05) is 13.1 Å². The Bertz CT molecular complexity index is 643. The van der Waals surface area contributed by atoms with E-state index >= 15 is 0 Å². The smallest absolute Gasteiger partial charge is 0.393 e. The van der Waals surface area contributed by atoms with E-state index in [-0.39, 0.29) is 19.0 Å². The number of amides is 1. The SMILES string of the molecule is CC(C(=O)Nc1ccccc1Cl)N1C[C@@H](C(F)(F)F)[C@H](C(=O)O)C1.Cl. The lowest BCUT2D eigenvalue weighted by Gasteiger charge is -2.24. The number of nitrogens with one attached hydrogen (secondary N) is 1. The van der Waals surface area contributed by atoms with Crippen LogP contribution in [0.25, 0.3) is 0 Å². The minimum Gasteiger partial charge on any atom is -0.481 e. The fourth-order valence-electron chi connectivity index (χ4n) is 2.70. The monoisotopic (exact) mass is 400 g/mol. The van der Waals surface area contributed by atoms with Crippen LogP contribution in [0.2, 0.25) is 5.02 Å². The predicted octanol–water partition coefficient (Wildman–Crippen LogP) is 3.28. The van der Waals surface area contributed by atoms with Crippen molar-refractivity contribution in [3.63, 3.8) is 0 Å². The molecule has 3 atom stereocenters.